The molecule has 4 rings (SSSR count). The maximum absolute atomic E-state index is 12.4. The number of para-hydroxylation sites is 1. The second kappa shape index (κ2) is 9.00. The smallest absolute Gasteiger partial charge is 0.230 e. The van der Waals surface area contributed by atoms with Crippen LogP contribution in [0.4, 0.5) is 0 Å². The maximum atomic E-state index is 12.4. The molecule has 0 fully saturated rings. The second-order valence-corrected chi connectivity index (χ2v) is 7.80. The number of carbonyl (C=O) groups excluding carboxylic acids is 1. The summed E-state index contributed by atoms with van der Waals surface area (Å²) in [6.45, 7) is 4.44. The third-order valence-electron chi connectivity index (χ3n) is 4.82. The van der Waals surface area contributed by atoms with Gasteiger partial charge in [0.1, 0.15) is 5.76 Å². The van der Waals surface area contributed by atoms with Crippen LogP contribution in [-0.2, 0) is 11.3 Å². The van der Waals surface area contributed by atoms with Gasteiger partial charge in [0, 0.05) is 12.2 Å². The summed E-state index contributed by atoms with van der Waals surface area (Å²) in [5.41, 5.74) is 4.08. The van der Waals surface area contributed by atoms with E-state index in [0.717, 1.165) is 28.1 Å². The number of hydrogen-bond acceptors (Lipinski definition) is 5. The molecule has 0 saturated carbocycles. The molecule has 0 aliphatic carbocycles. The van der Waals surface area contributed by atoms with E-state index < -0.39 is 0 Å². The van der Waals surface area contributed by atoms with Crippen molar-refractivity contribution in [3.05, 3.63) is 83.8 Å². The van der Waals surface area contributed by atoms with Crippen molar-refractivity contribution in [1.29, 1.82) is 0 Å². The Morgan fingerprint density at radius 2 is 1.80 bits per heavy atom. The van der Waals surface area contributed by atoms with Gasteiger partial charge >= 0.3 is 0 Å². The van der Waals surface area contributed by atoms with Gasteiger partial charge in [-0.25, -0.2) is 0 Å². The maximum Gasteiger partial charge on any atom is 0.230 e. The van der Waals surface area contributed by atoms with E-state index in [1.807, 2.05) is 79.1 Å². The van der Waals surface area contributed by atoms with E-state index in [1.165, 1.54) is 11.8 Å². The van der Waals surface area contributed by atoms with Gasteiger partial charge in [-0.05, 0) is 43.2 Å². The molecule has 4 aromatic rings. The van der Waals surface area contributed by atoms with Crippen molar-refractivity contribution in [2.24, 2.45) is 0 Å². The van der Waals surface area contributed by atoms with Crippen LogP contribution in [0.2, 0.25) is 0 Å². The third kappa shape index (κ3) is 4.31. The standard InChI is InChI=1S/C23H22N4O2S/c1-16-8-6-7-9-18(16)14-24-21(28)15-30-23-26-25-22(20-12-13-29-17(20)2)27(23)19-10-4-3-5-11-19/h3-13H,14-15H2,1-2H3,(H,24,28). The Bertz CT molecular complexity index is 1150. The predicted molar refractivity (Wildman–Crippen MR) is 118 cm³/mol. The van der Waals surface area contributed by atoms with E-state index in [0.29, 0.717) is 17.5 Å². The van der Waals surface area contributed by atoms with Gasteiger partial charge in [-0.15, -0.1) is 10.2 Å². The molecule has 30 heavy (non-hydrogen) atoms. The molecule has 7 heteroatoms. The molecule has 0 unspecified atom stereocenters. The molecule has 1 amide bonds. The van der Waals surface area contributed by atoms with Gasteiger partial charge in [0.2, 0.25) is 5.91 Å². The van der Waals surface area contributed by atoms with Crippen LogP contribution in [0.1, 0.15) is 16.9 Å². The topological polar surface area (TPSA) is 73.0 Å². The van der Waals surface area contributed by atoms with Gasteiger partial charge in [0.15, 0.2) is 11.0 Å². The Morgan fingerprint density at radius 3 is 2.53 bits per heavy atom. The molecule has 0 bridgehead atoms. The number of carbonyl (C=O) groups is 1. The molecule has 0 atom stereocenters. The fourth-order valence-electron chi connectivity index (χ4n) is 3.15. The van der Waals surface area contributed by atoms with Crippen molar-refractivity contribution >= 4 is 17.7 Å². The van der Waals surface area contributed by atoms with Gasteiger partial charge in [0.25, 0.3) is 0 Å². The molecule has 2 aromatic heterocycles. The molecule has 0 aliphatic heterocycles. The Hall–Kier alpha value is -3.32. The average Bonchev–Trinajstić information content (AvgIpc) is 3.38. The Morgan fingerprint density at radius 1 is 1.03 bits per heavy atom. The van der Waals surface area contributed by atoms with E-state index in [4.69, 9.17) is 4.42 Å². The van der Waals surface area contributed by atoms with E-state index in [-0.39, 0.29) is 11.7 Å². The first kappa shape index (κ1) is 20.0. The lowest BCUT2D eigenvalue weighted by molar-refractivity contribution is -0.118. The number of benzene rings is 2. The summed E-state index contributed by atoms with van der Waals surface area (Å²) in [4.78, 5) is 12.4. The first-order valence-electron chi connectivity index (χ1n) is 9.63. The molecule has 1 N–H and O–H groups in total. The molecule has 2 aromatic carbocycles. The highest BCUT2D eigenvalue weighted by Gasteiger charge is 2.19. The number of rotatable bonds is 7. The van der Waals surface area contributed by atoms with Crippen molar-refractivity contribution < 1.29 is 9.21 Å². The lowest BCUT2D eigenvalue weighted by Crippen LogP contribution is -2.25. The molecule has 2 heterocycles. The number of aromatic nitrogens is 3. The molecule has 0 saturated heterocycles. The zero-order chi connectivity index (χ0) is 20.9. The fourth-order valence-corrected chi connectivity index (χ4v) is 3.93. The highest BCUT2D eigenvalue weighted by Crippen LogP contribution is 2.30. The normalized spacial score (nSPS) is 10.9. The lowest BCUT2D eigenvalue weighted by Gasteiger charge is -2.10. The molecule has 0 spiro atoms. The first-order valence-corrected chi connectivity index (χ1v) is 10.6. The van der Waals surface area contributed by atoms with Crippen molar-refractivity contribution in [3.63, 3.8) is 0 Å². The van der Waals surface area contributed by atoms with Crippen molar-refractivity contribution in [3.8, 4) is 17.1 Å². The number of nitrogens with one attached hydrogen (secondary N) is 1. The van der Waals surface area contributed by atoms with E-state index in [2.05, 4.69) is 15.5 Å². The van der Waals surface area contributed by atoms with Gasteiger partial charge < -0.3 is 9.73 Å². The summed E-state index contributed by atoms with van der Waals surface area (Å²) in [6, 6.07) is 19.8. The van der Waals surface area contributed by atoms with Crippen LogP contribution < -0.4 is 5.32 Å². The SMILES string of the molecule is Cc1ccccc1CNC(=O)CSc1nnc(-c2ccoc2C)n1-c1ccccc1. The monoisotopic (exact) mass is 418 g/mol. The summed E-state index contributed by atoms with van der Waals surface area (Å²) in [5.74, 6) is 1.66. The minimum Gasteiger partial charge on any atom is -0.469 e. The Balaban J connectivity index is 1.52. The minimum atomic E-state index is -0.0492. The van der Waals surface area contributed by atoms with Crippen LogP contribution >= 0.6 is 11.8 Å². The molecule has 152 valence electrons. The minimum absolute atomic E-state index is 0.0492. The van der Waals surface area contributed by atoms with Crippen LogP contribution in [0.25, 0.3) is 17.1 Å². The van der Waals surface area contributed by atoms with Crippen molar-refractivity contribution in [1.82, 2.24) is 20.1 Å². The highest BCUT2D eigenvalue weighted by molar-refractivity contribution is 7.99. The average molecular weight is 419 g/mol. The fraction of sp³-hybridized carbons (Fsp3) is 0.174. The molecular weight excluding hydrogens is 396 g/mol. The number of hydrogen-bond donors (Lipinski definition) is 1. The molecule has 0 radical (unpaired) electrons. The lowest BCUT2D eigenvalue weighted by atomic mass is 10.1. The van der Waals surface area contributed by atoms with E-state index >= 15 is 0 Å². The zero-order valence-electron chi connectivity index (χ0n) is 16.8. The number of furan rings is 1. The van der Waals surface area contributed by atoms with Crippen LogP contribution in [-0.4, -0.2) is 26.4 Å². The van der Waals surface area contributed by atoms with E-state index in [1.54, 1.807) is 6.26 Å². The summed E-state index contributed by atoms with van der Waals surface area (Å²) in [6.07, 6.45) is 1.64. The second-order valence-electron chi connectivity index (χ2n) is 6.86. The predicted octanol–water partition coefficient (Wildman–Crippen LogP) is 4.55. The van der Waals surface area contributed by atoms with Gasteiger partial charge in [0.05, 0.1) is 17.6 Å². The zero-order valence-corrected chi connectivity index (χ0v) is 17.6. The largest absolute Gasteiger partial charge is 0.469 e. The number of nitrogens with zero attached hydrogens (tertiary/aromatic N) is 3. The molecule has 6 nitrogen and oxygen atoms in total. The first-order chi connectivity index (χ1) is 14.6. The molecule has 0 aliphatic rings. The third-order valence-corrected chi connectivity index (χ3v) is 5.75. The summed E-state index contributed by atoms with van der Waals surface area (Å²) in [7, 11) is 0. The van der Waals surface area contributed by atoms with Gasteiger partial charge in [-0.3, -0.25) is 9.36 Å². The number of thioether (sulfide) groups is 1. The van der Waals surface area contributed by atoms with Crippen molar-refractivity contribution in [2.75, 3.05) is 5.75 Å². The van der Waals surface area contributed by atoms with Gasteiger partial charge in [-0.1, -0.05) is 54.2 Å². The van der Waals surface area contributed by atoms with Gasteiger partial charge in [-0.2, -0.15) is 0 Å². The highest BCUT2D eigenvalue weighted by atomic mass is 32.2. The summed E-state index contributed by atoms with van der Waals surface area (Å²) >= 11 is 1.36. The number of aryl methyl sites for hydroxylation is 2. The van der Waals surface area contributed by atoms with Crippen LogP contribution in [0.5, 0.6) is 0 Å². The van der Waals surface area contributed by atoms with Crippen LogP contribution in [0.15, 0.2) is 76.5 Å². The quantitative estimate of drug-likeness (QED) is 0.446. The van der Waals surface area contributed by atoms with Crippen LogP contribution in [0, 0.1) is 13.8 Å². The van der Waals surface area contributed by atoms with Crippen molar-refractivity contribution in [2.45, 2.75) is 25.5 Å². The van der Waals surface area contributed by atoms with E-state index in [9.17, 15) is 4.79 Å². The Labute approximate surface area is 179 Å². The van der Waals surface area contributed by atoms with Crippen LogP contribution in [0.3, 0.4) is 0 Å². The summed E-state index contributed by atoms with van der Waals surface area (Å²) < 4.78 is 7.40. The number of amides is 1. The Kier molecular flexibility index (Phi) is 5.99. The summed E-state index contributed by atoms with van der Waals surface area (Å²) in [5, 5.41) is 12.4. The molecular formula is C23H22N4O2S.